The van der Waals surface area contributed by atoms with E-state index in [4.69, 9.17) is 0 Å². The van der Waals surface area contributed by atoms with Crippen LogP contribution in [0.25, 0.3) is 11.4 Å². The first-order valence-electron chi connectivity index (χ1n) is 8.82. The number of aromatic amines is 1. The lowest BCUT2D eigenvalue weighted by molar-refractivity contribution is 0.384. The van der Waals surface area contributed by atoms with Crippen LogP contribution in [0.2, 0.25) is 0 Å². The van der Waals surface area contributed by atoms with Gasteiger partial charge in [-0.1, -0.05) is 0 Å². The Labute approximate surface area is 161 Å². The molecule has 0 unspecified atom stereocenters. The fourth-order valence-corrected chi connectivity index (χ4v) is 5.11. The molecule has 9 heteroatoms. The van der Waals surface area contributed by atoms with Gasteiger partial charge in [0.15, 0.2) is 5.82 Å². The Bertz CT molecular complexity index is 1110. The first kappa shape index (κ1) is 18.7. The Hall–Kier alpha value is -2.65. The number of rotatable bonds is 4. The molecule has 2 heterocycles. The van der Waals surface area contributed by atoms with Gasteiger partial charge in [-0.15, -0.1) is 0 Å². The molecule has 2 aromatic carbocycles. The summed E-state index contributed by atoms with van der Waals surface area (Å²) >= 11 is 0. The van der Waals surface area contributed by atoms with Gasteiger partial charge in [0.05, 0.1) is 10.9 Å². The molecular weight excluding hydrogens is 386 g/mol. The minimum Gasteiger partial charge on any atom is -0.261 e. The van der Waals surface area contributed by atoms with Crippen LogP contribution in [0, 0.1) is 18.6 Å². The molecule has 1 aromatic heterocycles. The molecule has 1 aliphatic heterocycles. The van der Waals surface area contributed by atoms with Gasteiger partial charge < -0.3 is 0 Å². The second-order valence-electron chi connectivity index (χ2n) is 6.74. The fraction of sp³-hybridized carbons (Fsp3) is 0.263. The quantitative estimate of drug-likeness (QED) is 0.721. The predicted octanol–water partition coefficient (Wildman–Crippen LogP) is 3.58. The summed E-state index contributed by atoms with van der Waals surface area (Å²) in [6.45, 7) is 1.87. The highest BCUT2D eigenvalue weighted by molar-refractivity contribution is 7.89. The van der Waals surface area contributed by atoms with Gasteiger partial charge in [0.1, 0.15) is 17.5 Å². The van der Waals surface area contributed by atoms with E-state index in [1.54, 1.807) is 12.1 Å². The van der Waals surface area contributed by atoms with Crippen LogP contribution in [0.3, 0.4) is 0 Å². The van der Waals surface area contributed by atoms with Crippen molar-refractivity contribution in [2.75, 3.05) is 6.54 Å². The zero-order chi connectivity index (χ0) is 19.9. The number of benzene rings is 2. The lowest BCUT2D eigenvalue weighted by atomic mass is 10.2. The van der Waals surface area contributed by atoms with Crippen molar-refractivity contribution in [3.05, 3.63) is 65.5 Å². The second-order valence-corrected chi connectivity index (χ2v) is 8.63. The molecule has 6 nitrogen and oxygen atoms in total. The number of hydrogen-bond donors (Lipinski definition) is 1. The fourth-order valence-electron chi connectivity index (χ4n) is 3.37. The molecule has 1 atom stereocenters. The van der Waals surface area contributed by atoms with E-state index >= 15 is 0 Å². The van der Waals surface area contributed by atoms with Gasteiger partial charge in [-0.25, -0.2) is 22.2 Å². The number of nitrogens with one attached hydrogen (secondary N) is 1. The van der Waals surface area contributed by atoms with Crippen molar-refractivity contribution < 1.29 is 17.2 Å². The molecule has 146 valence electrons. The van der Waals surface area contributed by atoms with Crippen molar-refractivity contribution in [3.63, 3.8) is 0 Å². The summed E-state index contributed by atoms with van der Waals surface area (Å²) in [6, 6.07) is 9.04. The number of halogens is 2. The minimum absolute atomic E-state index is 0.0524. The van der Waals surface area contributed by atoms with Crippen molar-refractivity contribution in [1.29, 1.82) is 0 Å². The van der Waals surface area contributed by atoms with Crippen molar-refractivity contribution in [3.8, 4) is 11.4 Å². The molecule has 1 aliphatic rings. The van der Waals surface area contributed by atoms with Crippen LogP contribution in [0.1, 0.15) is 30.3 Å². The monoisotopic (exact) mass is 404 g/mol. The van der Waals surface area contributed by atoms with E-state index in [2.05, 4.69) is 15.2 Å². The van der Waals surface area contributed by atoms with Gasteiger partial charge in [-0.3, -0.25) is 5.10 Å². The molecule has 0 radical (unpaired) electrons. The molecule has 0 aliphatic carbocycles. The third kappa shape index (κ3) is 3.31. The Morgan fingerprint density at radius 1 is 1.14 bits per heavy atom. The molecule has 3 aromatic rings. The third-order valence-electron chi connectivity index (χ3n) is 4.86. The lowest BCUT2D eigenvalue weighted by Gasteiger charge is -2.22. The van der Waals surface area contributed by atoms with Crippen LogP contribution in [0.15, 0.2) is 47.4 Å². The first-order valence-corrected chi connectivity index (χ1v) is 10.3. The molecule has 1 fully saturated rings. The predicted molar refractivity (Wildman–Crippen MR) is 98.8 cm³/mol. The average Bonchev–Trinajstić information content (AvgIpc) is 3.33. The Morgan fingerprint density at radius 2 is 1.89 bits per heavy atom. The maximum absolute atomic E-state index is 13.5. The number of hydrogen-bond acceptors (Lipinski definition) is 4. The number of aromatic nitrogens is 3. The van der Waals surface area contributed by atoms with Gasteiger partial charge in [-0.2, -0.15) is 9.40 Å². The SMILES string of the molecule is Cc1cc(S(=O)(=O)N2CCC[C@H]2c2nc(-c3ccc(F)cc3)n[nH]2)ccc1F. The summed E-state index contributed by atoms with van der Waals surface area (Å²) in [6.07, 6.45) is 1.27. The Balaban J connectivity index is 1.65. The standard InChI is InChI=1S/C19H18F2N4O2S/c1-12-11-15(8-9-16(12)21)28(26,27)25-10-2-3-17(25)19-22-18(23-24-19)13-4-6-14(20)7-5-13/h4-9,11,17H,2-3,10H2,1H3,(H,22,23,24)/t17-/m0/s1. The van der Waals surface area contributed by atoms with Gasteiger partial charge in [0.2, 0.25) is 10.0 Å². The molecule has 0 bridgehead atoms. The minimum atomic E-state index is -3.81. The van der Waals surface area contributed by atoms with Crippen LogP contribution in [-0.2, 0) is 10.0 Å². The van der Waals surface area contributed by atoms with Crippen LogP contribution in [-0.4, -0.2) is 34.4 Å². The molecule has 1 saturated heterocycles. The van der Waals surface area contributed by atoms with E-state index in [1.807, 2.05) is 0 Å². The normalized spacial score (nSPS) is 17.9. The van der Waals surface area contributed by atoms with E-state index in [1.165, 1.54) is 35.5 Å². The number of aryl methyl sites for hydroxylation is 1. The smallest absolute Gasteiger partial charge is 0.243 e. The number of nitrogens with zero attached hydrogens (tertiary/aromatic N) is 3. The second kappa shape index (κ2) is 7.06. The average molecular weight is 404 g/mol. The van der Waals surface area contributed by atoms with Crippen molar-refractivity contribution in [1.82, 2.24) is 19.5 Å². The maximum atomic E-state index is 13.5. The number of H-pyrrole nitrogens is 1. The summed E-state index contributed by atoms with van der Waals surface area (Å²) in [5.74, 6) is -0.00522. The first-order chi connectivity index (χ1) is 13.4. The van der Waals surface area contributed by atoms with E-state index in [-0.39, 0.29) is 16.3 Å². The van der Waals surface area contributed by atoms with E-state index in [9.17, 15) is 17.2 Å². The van der Waals surface area contributed by atoms with Crippen LogP contribution in [0.5, 0.6) is 0 Å². The lowest BCUT2D eigenvalue weighted by Crippen LogP contribution is -2.31. The molecular formula is C19H18F2N4O2S. The topological polar surface area (TPSA) is 79.0 Å². The summed E-state index contributed by atoms with van der Waals surface area (Å²) in [5.41, 5.74) is 0.903. The summed E-state index contributed by atoms with van der Waals surface area (Å²) < 4.78 is 54.2. The highest BCUT2D eigenvalue weighted by Crippen LogP contribution is 2.35. The van der Waals surface area contributed by atoms with Gasteiger partial charge in [0, 0.05) is 12.1 Å². The molecule has 4 rings (SSSR count). The van der Waals surface area contributed by atoms with Gasteiger partial charge in [0.25, 0.3) is 0 Å². The van der Waals surface area contributed by atoms with E-state index < -0.39 is 21.9 Å². The van der Waals surface area contributed by atoms with Gasteiger partial charge >= 0.3 is 0 Å². The summed E-state index contributed by atoms with van der Waals surface area (Å²) in [7, 11) is -3.81. The zero-order valence-electron chi connectivity index (χ0n) is 15.1. The maximum Gasteiger partial charge on any atom is 0.243 e. The van der Waals surface area contributed by atoms with Crippen molar-refractivity contribution >= 4 is 10.0 Å². The molecule has 0 saturated carbocycles. The van der Waals surface area contributed by atoms with E-state index in [0.29, 0.717) is 36.6 Å². The molecule has 28 heavy (non-hydrogen) atoms. The number of sulfonamides is 1. The highest BCUT2D eigenvalue weighted by Gasteiger charge is 2.38. The van der Waals surface area contributed by atoms with Crippen molar-refractivity contribution in [2.24, 2.45) is 0 Å². The van der Waals surface area contributed by atoms with Crippen LogP contribution >= 0.6 is 0 Å². The van der Waals surface area contributed by atoms with Gasteiger partial charge in [-0.05, 0) is 67.8 Å². The zero-order valence-corrected chi connectivity index (χ0v) is 15.9. The van der Waals surface area contributed by atoms with E-state index in [0.717, 1.165) is 6.07 Å². The van der Waals surface area contributed by atoms with Crippen LogP contribution in [0.4, 0.5) is 8.78 Å². The largest absolute Gasteiger partial charge is 0.261 e. The van der Waals surface area contributed by atoms with Crippen molar-refractivity contribution in [2.45, 2.75) is 30.7 Å². The molecule has 0 spiro atoms. The van der Waals surface area contributed by atoms with Crippen LogP contribution < -0.4 is 0 Å². The Kier molecular flexibility index (Phi) is 4.72. The summed E-state index contributed by atoms with van der Waals surface area (Å²) in [5, 5.41) is 6.96. The Morgan fingerprint density at radius 3 is 2.61 bits per heavy atom. The highest BCUT2D eigenvalue weighted by atomic mass is 32.2. The molecule has 0 amide bonds. The molecule has 1 N–H and O–H groups in total. The third-order valence-corrected chi connectivity index (χ3v) is 6.76. The summed E-state index contributed by atoms with van der Waals surface area (Å²) in [4.78, 5) is 4.48.